The van der Waals surface area contributed by atoms with E-state index in [0.717, 1.165) is 5.56 Å². The molecule has 2 rings (SSSR count). The number of benzene rings is 1. The van der Waals surface area contributed by atoms with Crippen LogP contribution in [0, 0.1) is 0 Å². The molecule has 0 saturated carbocycles. The molecule has 0 amide bonds. The minimum atomic E-state index is -3.56. The van der Waals surface area contributed by atoms with Gasteiger partial charge in [-0.25, -0.2) is 13.4 Å². The number of sulfonamides is 1. The zero-order chi connectivity index (χ0) is 14.8. The van der Waals surface area contributed by atoms with E-state index in [-0.39, 0.29) is 11.6 Å². The number of anilines is 1. The highest BCUT2D eigenvalue weighted by molar-refractivity contribution is 7.89. The molecule has 1 heterocycles. The van der Waals surface area contributed by atoms with Crippen molar-refractivity contribution < 1.29 is 8.42 Å². The zero-order valence-corrected chi connectivity index (χ0v) is 12.3. The number of nitrogens with one attached hydrogen (secondary N) is 1. The molecule has 0 fully saturated rings. The van der Waals surface area contributed by atoms with Gasteiger partial charge in [0.05, 0.1) is 6.20 Å². The van der Waals surface area contributed by atoms with Gasteiger partial charge in [0.1, 0.15) is 5.82 Å². The second-order valence-electron chi connectivity index (χ2n) is 4.55. The molecule has 0 radical (unpaired) electrons. The molecule has 3 N–H and O–H groups in total. The molecule has 108 valence electrons. The summed E-state index contributed by atoms with van der Waals surface area (Å²) in [4.78, 5) is 6.84. The molecule has 0 aliphatic rings. The highest BCUT2D eigenvalue weighted by Gasteiger charge is 2.23. The van der Waals surface area contributed by atoms with E-state index in [1.165, 1.54) is 17.5 Å². The molecule has 0 bridgehead atoms. The third-order valence-corrected chi connectivity index (χ3v) is 4.70. The number of aromatic nitrogens is 2. The van der Waals surface area contributed by atoms with Crippen LogP contribution >= 0.6 is 0 Å². The molecule has 0 unspecified atom stereocenters. The molecule has 0 aliphatic carbocycles. The molecule has 1 aromatic carbocycles. The van der Waals surface area contributed by atoms with E-state index >= 15 is 0 Å². The van der Waals surface area contributed by atoms with Crippen molar-refractivity contribution in [2.24, 2.45) is 0 Å². The molecule has 0 saturated heterocycles. The van der Waals surface area contributed by atoms with Crippen LogP contribution in [0.2, 0.25) is 0 Å². The van der Waals surface area contributed by atoms with Gasteiger partial charge in [0, 0.05) is 25.7 Å². The lowest BCUT2D eigenvalue weighted by atomic mass is 10.2. The van der Waals surface area contributed by atoms with Gasteiger partial charge in [-0.15, -0.1) is 0 Å². The number of rotatable bonds is 5. The number of aryl methyl sites for hydroxylation is 1. The SMILES string of the molecule is CCc1ncc(S(=O)(=O)N(C)Cc2cccc(N)c2)[nH]1. The van der Waals surface area contributed by atoms with Gasteiger partial charge in [0.2, 0.25) is 0 Å². The highest BCUT2D eigenvalue weighted by Crippen LogP contribution is 2.16. The molecular formula is C13H18N4O2S. The summed E-state index contributed by atoms with van der Waals surface area (Å²) in [5.41, 5.74) is 7.14. The molecular weight excluding hydrogens is 276 g/mol. The van der Waals surface area contributed by atoms with Gasteiger partial charge in [0.15, 0.2) is 5.03 Å². The van der Waals surface area contributed by atoms with Crippen molar-refractivity contribution in [3.05, 3.63) is 41.9 Å². The lowest BCUT2D eigenvalue weighted by Crippen LogP contribution is -2.26. The van der Waals surface area contributed by atoms with Crippen LogP contribution in [-0.2, 0) is 23.0 Å². The summed E-state index contributed by atoms with van der Waals surface area (Å²) in [6, 6.07) is 7.17. The van der Waals surface area contributed by atoms with Crippen molar-refractivity contribution in [3.8, 4) is 0 Å². The quantitative estimate of drug-likeness (QED) is 0.815. The number of nitrogens with zero attached hydrogens (tertiary/aromatic N) is 2. The van der Waals surface area contributed by atoms with E-state index in [1.807, 2.05) is 13.0 Å². The second kappa shape index (κ2) is 5.64. The first kappa shape index (κ1) is 14.5. The molecule has 0 aliphatic heterocycles. The van der Waals surface area contributed by atoms with Crippen LogP contribution in [0.4, 0.5) is 5.69 Å². The van der Waals surface area contributed by atoms with Crippen LogP contribution in [0.1, 0.15) is 18.3 Å². The van der Waals surface area contributed by atoms with Crippen molar-refractivity contribution in [1.29, 1.82) is 0 Å². The number of nitrogens with two attached hydrogens (primary N) is 1. The van der Waals surface area contributed by atoms with Crippen LogP contribution in [0.15, 0.2) is 35.5 Å². The van der Waals surface area contributed by atoms with Crippen molar-refractivity contribution in [2.75, 3.05) is 12.8 Å². The highest BCUT2D eigenvalue weighted by atomic mass is 32.2. The molecule has 6 nitrogen and oxygen atoms in total. The van der Waals surface area contributed by atoms with Crippen molar-refractivity contribution in [2.45, 2.75) is 24.9 Å². The fraction of sp³-hybridized carbons (Fsp3) is 0.308. The van der Waals surface area contributed by atoms with E-state index in [1.54, 1.807) is 18.2 Å². The standard InChI is InChI=1S/C13H18N4O2S/c1-3-12-15-8-13(16-12)20(18,19)17(2)9-10-5-4-6-11(14)7-10/h4-8H,3,9,14H2,1-2H3,(H,15,16). The number of nitrogen functional groups attached to an aromatic ring is 1. The Bertz CT molecular complexity index is 694. The smallest absolute Gasteiger partial charge is 0.260 e. The third kappa shape index (κ3) is 3.00. The average molecular weight is 294 g/mol. The maximum atomic E-state index is 12.4. The van der Waals surface area contributed by atoms with Crippen LogP contribution in [0.3, 0.4) is 0 Å². The Balaban J connectivity index is 2.21. The molecule has 2 aromatic rings. The normalized spacial score (nSPS) is 11.9. The maximum absolute atomic E-state index is 12.4. The minimum absolute atomic E-state index is 0.112. The van der Waals surface area contributed by atoms with Gasteiger partial charge < -0.3 is 10.7 Å². The van der Waals surface area contributed by atoms with Crippen molar-refractivity contribution in [1.82, 2.24) is 14.3 Å². The van der Waals surface area contributed by atoms with Crippen LogP contribution in [0.5, 0.6) is 0 Å². The first-order valence-electron chi connectivity index (χ1n) is 6.28. The summed E-state index contributed by atoms with van der Waals surface area (Å²) >= 11 is 0. The molecule has 1 aromatic heterocycles. The fourth-order valence-electron chi connectivity index (χ4n) is 1.86. The average Bonchev–Trinajstić information content (AvgIpc) is 2.88. The van der Waals surface area contributed by atoms with E-state index in [9.17, 15) is 8.42 Å². The third-order valence-electron chi connectivity index (χ3n) is 2.98. The predicted octanol–water partition coefficient (Wildman–Crippen LogP) is 1.38. The zero-order valence-electron chi connectivity index (χ0n) is 11.5. The Labute approximate surface area is 118 Å². The van der Waals surface area contributed by atoms with Gasteiger partial charge in [-0.2, -0.15) is 4.31 Å². The Morgan fingerprint density at radius 3 is 2.75 bits per heavy atom. The van der Waals surface area contributed by atoms with Gasteiger partial charge in [-0.05, 0) is 17.7 Å². The van der Waals surface area contributed by atoms with Crippen LogP contribution in [0.25, 0.3) is 0 Å². The van der Waals surface area contributed by atoms with E-state index in [4.69, 9.17) is 5.73 Å². The second-order valence-corrected chi connectivity index (χ2v) is 6.57. The van der Waals surface area contributed by atoms with Gasteiger partial charge in [0.25, 0.3) is 10.0 Å². The number of imidazole rings is 1. The molecule has 0 spiro atoms. The largest absolute Gasteiger partial charge is 0.399 e. The predicted molar refractivity (Wildman–Crippen MR) is 77.5 cm³/mol. The number of hydrogen-bond acceptors (Lipinski definition) is 4. The Morgan fingerprint density at radius 2 is 2.15 bits per heavy atom. The van der Waals surface area contributed by atoms with Gasteiger partial charge in [-0.3, -0.25) is 0 Å². The summed E-state index contributed by atoms with van der Waals surface area (Å²) < 4.78 is 26.0. The Kier molecular flexibility index (Phi) is 4.10. The van der Waals surface area contributed by atoms with Gasteiger partial charge in [-0.1, -0.05) is 19.1 Å². The molecule has 0 atom stereocenters. The lowest BCUT2D eigenvalue weighted by molar-refractivity contribution is 0.464. The van der Waals surface area contributed by atoms with E-state index < -0.39 is 10.0 Å². The summed E-state index contributed by atoms with van der Waals surface area (Å²) in [6.07, 6.45) is 2.01. The number of aromatic amines is 1. The first-order valence-corrected chi connectivity index (χ1v) is 7.72. The maximum Gasteiger partial charge on any atom is 0.260 e. The van der Waals surface area contributed by atoms with E-state index in [2.05, 4.69) is 9.97 Å². The lowest BCUT2D eigenvalue weighted by Gasteiger charge is -2.16. The topological polar surface area (TPSA) is 92.1 Å². The van der Waals surface area contributed by atoms with Crippen molar-refractivity contribution >= 4 is 15.7 Å². The summed E-state index contributed by atoms with van der Waals surface area (Å²) in [6.45, 7) is 2.17. The summed E-state index contributed by atoms with van der Waals surface area (Å²) in [5.74, 6) is 0.654. The number of H-pyrrole nitrogens is 1. The van der Waals surface area contributed by atoms with Crippen LogP contribution < -0.4 is 5.73 Å². The fourth-order valence-corrected chi connectivity index (χ4v) is 2.94. The van der Waals surface area contributed by atoms with E-state index in [0.29, 0.717) is 17.9 Å². The summed E-state index contributed by atoms with van der Waals surface area (Å²) in [7, 11) is -2.03. The molecule has 7 heteroatoms. The Morgan fingerprint density at radius 1 is 1.40 bits per heavy atom. The monoisotopic (exact) mass is 294 g/mol. The van der Waals surface area contributed by atoms with Gasteiger partial charge >= 0.3 is 0 Å². The minimum Gasteiger partial charge on any atom is -0.399 e. The molecule has 20 heavy (non-hydrogen) atoms. The summed E-state index contributed by atoms with van der Waals surface area (Å²) in [5, 5.41) is 0.112. The first-order chi connectivity index (χ1) is 9.43. The van der Waals surface area contributed by atoms with Crippen molar-refractivity contribution in [3.63, 3.8) is 0 Å². The number of hydrogen-bond donors (Lipinski definition) is 2. The Hall–Kier alpha value is -1.86. The van der Waals surface area contributed by atoms with Crippen LogP contribution in [-0.4, -0.2) is 29.7 Å².